The Morgan fingerprint density at radius 2 is 0.475 bits per heavy atom. The summed E-state index contributed by atoms with van der Waals surface area (Å²) >= 11 is 0. The predicted molar refractivity (Wildman–Crippen MR) is 259 cm³/mol. The zero-order chi connectivity index (χ0) is 40.8. The molecule has 0 heterocycles. The number of anilines is 3. The Balaban J connectivity index is 1.19. The topological polar surface area (TPSA) is 3.24 Å². The lowest BCUT2D eigenvalue weighted by atomic mass is 9.87. The number of benzene rings is 10. The molecule has 0 aliphatic rings. The molecule has 0 spiro atoms. The fourth-order valence-corrected chi connectivity index (χ4v) is 8.47. The van der Waals surface area contributed by atoms with Crippen molar-refractivity contribution < 1.29 is 0 Å². The predicted octanol–water partition coefficient (Wildman–Crippen LogP) is 16.8. The number of hydrogen-bond donors (Lipinski definition) is 0. The summed E-state index contributed by atoms with van der Waals surface area (Å²) in [5, 5.41) is 0. The third kappa shape index (κ3) is 7.93. The average Bonchev–Trinajstić information content (AvgIpc) is 3.35. The SMILES string of the molecule is c1ccc(-c2cc(-c3ccccc3)cc(N(c3ccc(-c4cccc(-c5ccccc5)c4-c4ccccc4)cc3)c3cc(-c4ccccc4)cc(-c4ccccc4)c3)c2)cc1. The highest BCUT2D eigenvalue weighted by Crippen LogP contribution is 2.45. The quantitative estimate of drug-likeness (QED) is 0.134. The molecule has 1 heteroatoms. The van der Waals surface area contributed by atoms with Crippen molar-refractivity contribution in [1.82, 2.24) is 0 Å². The van der Waals surface area contributed by atoms with E-state index in [1.165, 1.54) is 50.1 Å². The van der Waals surface area contributed by atoms with Gasteiger partial charge in [-0.3, -0.25) is 0 Å². The van der Waals surface area contributed by atoms with E-state index in [1.807, 2.05) is 0 Å². The van der Waals surface area contributed by atoms with Gasteiger partial charge in [-0.25, -0.2) is 0 Å². The summed E-state index contributed by atoms with van der Waals surface area (Å²) in [4.78, 5) is 2.43. The molecule has 288 valence electrons. The van der Waals surface area contributed by atoms with Crippen LogP contribution in [0.2, 0.25) is 0 Å². The van der Waals surface area contributed by atoms with E-state index in [4.69, 9.17) is 0 Å². The molecule has 10 rings (SSSR count). The second-order valence-electron chi connectivity index (χ2n) is 15.3. The van der Waals surface area contributed by atoms with Gasteiger partial charge in [0.1, 0.15) is 0 Å². The van der Waals surface area contributed by atoms with E-state index in [-0.39, 0.29) is 0 Å². The average molecular weight is 778 g/mol. The fourth-order valence-electron chi connectivity index (χ4n) is 8.47. The van der Waals surface area contributed by atoms with Crippen molar-refractivity contribution in [3.63, 3.8) is 0 Å². The molecular formula is C60H43N. The maximum absolute atomic E-state index is 2.43. The molecule has 0 N–H and O–H groups in total. The van der Waals surface area contributed by atoms with E-state index in [0.717, 1.165) is 44.9 Å². The molecule has 0 radical (unpaired) electrons. The second-order valence-corrected chi connectivity index (χ2v) is 15.3. The first-order valence-corrected chi connectivity index (χ1v) is 20.9. The Morgan fingerprint density at radius 1 is 0.180 bits per heavy atom. The Bertz CT molecular complexity index is 2770. The molecule has 0 aliphatic carbocycles. The largest absolute Gasteiger partial charge is 0.310 e. The van der Waals surface area contributed by atoms with Gasteiger partial charge < -0.3 is 4.90 Å². The van der Waals surface area contributed by atoms with Crippen LogP contribution in [0.15, 0.2) is 261 Å². The molecule has 0 bridgehead atoms. The summed E-state index contributed by atoms with van der Waals surface area (Å²) in [6.07, 6.45) is 0. The van der Waals surface area contributed by atoms with Crippen LogP contribution in [0.1, 0.15) is 0 Å². The first-order chi connectivity index (χ1) is 30.2. The number of rotatable bonds is 10. The van der Waals surface area contributed by atoms with Crippen LogP contribution in [0.5, 0.6) is 0 Å². The highest BCUT2D eigenvalue weighted by atomic mass is 15.1. The summed E-state index contributed by atoms with van der Waals surface area (Å²) in [5.41, 5.74) is 19.7. The van der Waals surface area contributed by atoms with Crippen molar-refractivity contribution in [3.05, 3.63) is 261 Å². The normalized spacial score (nSPS) is 11.0. The van der Waals surface area contributed by atoms with Crippen molar-refractivity contribution in [2.75, 3.05) is 4.90 Å². The van der Waals surface area contributed by atoms with Gasteiger partial charge in [-0.2, -0.15) is 0 Å². The Labute approximate surface area is 359 Å². The molecule has 10 aromatic carbocycles. The first-order valence-electron chi connectivity index (χ1n) is 20.9. The molecule has 0 aromatic heterocycles. The Morgan fingerprint density at radius 3 is 0.820 bits per heavy atom. The minimum atomic E-state index is 1.07. The van der Waals surface area contributed by atoms with Crippen molar-refractivity contribution in [2.24, 2.45) is 0 Å². The molecule has 0 fully saturated rings. The van der Waals surface area contributed by atoms with Gasteiger partial charge in [0.15, 0.2) is 0 Å². The van der Waals surface area contributed by atoms with Gasteiger partial charge in [-0.05, 0) is 126 Å². The van der Waals surface area contributed by atoms with Crippen LogP contribution in [0.25, 0.3) is 77.9 Å². The monoisotopic (exact) mass is 777 g/mol. The number of hydrogen-bond acceptors (Lipinski definition) is 1. The minimum Gasteiger partial charge on any atom is -0.310 e. The highest BCUT2D eigenvalue weighted by Gasteiger charge is 2.20. The van der Waals surface area contributed by atoms with Crippen molar-refractivity contribution in [1.29, 1.82) is 0 Å². The van der Waals surface area contributed by atoms with Crippen LogP contribution in [0.4, 0.5) is 17.1 Å². The molecule has 0 aliphatic heterocycles. The van der Waals surface area contributed by atoms with Crippen LogP contribution < -0.4 is 4.90 Å². The first kappa shape index (κ1) is 37.3. The summed E-state index contributed by atoms with van der Waals surface area (Å²) in [7, 11) is 0. The highest BCUT2D eigenvalue weighted by molar-refractivity contribution is 5.95. The zero-order valence-electron chi connectivity index (χ0n) is 33.8. The molecule has 0 unspecified atom stereocenters. The van der Waals surface area contributed by atoms with Crippen LogP contribution in [0.3, 0.4) is 0 Å². The molecule has 0 atom stereocenters. The Hall–Kier alpha value is -8.00. The molecule has 0 saturated heterocycles. The standard InChI is InChI=1S/C60H43N/c1-7-20-44(21-8-1)51-38-52(45-22-9-2-10-23-45)41-56(40-51)61(57-42-53(46-24-11-3-12-25-46)39-54(43-57)47-26-13-4-14-27-47)55-36-34-49(35-37-55)59-33-19-32-58(48-28-15-5-16-29-48)60(59)50-30-17-6-18-31-50/h1-43H. The summed E-state index contributed by atoms with van der Waals surface area (Å²) in [5.74, 6) is 0. The molecule has 10 aromatic rings. The lowest BCUT2D eigenvalue weighted by molar-refractivity contribution is 1.28. The van der Waals surface area contributed by atoms with E-state index < -0.39 is 0 Å². The minimum absolute atomic E-state index is 1.07. The van der Waals surface area contributed by atoms with Crippen LogP contribution in [-0.4, -0.2) is 0 Å². The van der Waals surface area contributed by atoms with E-state index >= 15 is 0 Å². The van der Waals surface area contributed by atoms with Crippen LogP contribution in [-0.2, 0) is 0 Å². The van der Waals surface area contributed by atoms with Gasteiger partial charge in [0.05, 0.1) is 0 Å². The van der Waals surface area contributed by atoms with Crippen molar-refractivity contribution in [3.8, 4) is 77.9 Å². The summed E-state index contributed by atoms with van der Waals surface area (Å²) in [6, 6.07) is 94.2. The van der Waals surface area contributed by atoms with Crippen LogP contribution in [0, 0.1) is 0 Å². The maximum atomic E-state index is 2.43. The lowest BCUT2D eigenvalue weighted by Gasteiger charge is -2.28. The summed E-state index contributed by atoms with van der Waals surface area (Å²) < 4.78 is 0. The van der Waals surface area contributed by atoms with Gasteiger partial charge in [0.25, 0.3) is 0 Å². The maximum Gasteiger partial charge on any atom is 0.0473 e. The molecule has 0 saturated carbocycles. The zero-order valence-corrected chi connectivity index (χ0v) is 33.8. The van der Waals surface area contributed by atoms with E-state index in [0.29, 0.717) is 0 Å². The van der Waals surface area contributed by atoms with Crippen LogP contribution >= 0.6 is 0 Å². The van der Waals surface area contributed by atoms with Gasteiger partial charge in [0, 0.05) is 17.1 Å². The van der Waals surface area contributed by atoms with Crippen molar-refractivity contribution in [2.45, 2.75) is 0 Å². The summed E-state index contributed by atoms with van der Waals surface area (Å²) in [6.45, 7) is 0. The van der Waals surface area contributed by atoms with E-state index in [2.05, 4.69) is 266 Å². The number of nitrogens with zero attached hydrogens (tertiary/aromatic N) is 1. The van der Waals surface area contributed by atoms with E-state index in [1.54, 1.807) is 0 Å². The molecule has 1 nitrogen and oxygen atoms in total. The smallest absolute Gasteiger partial charge is 0.0473 e. The second kappa shape index (κ2) is 17.1. The molecule has 61 heavy (non-hydrogen) atoms. The third-order valence-corrected chi connectivity index (χ3v) is 11.4. The lowest BCUT2D eigenvalue weighted by Crippen LogP contribution is -2.11. The third-order valence-electron chi connectivity index (χ3n) is 11.4. The van der Waals surface area contributed by atoms with Crippen molar-refractivity contribution >= 4 is 17.1 Å². The van der Waals surface area contributed by atoms with E-state index in [9.17, 15) is 0 Å². The van der Waals surface area contributed by atoms with Gasteiger partial charge in [-0.1, -0.05) is 212 Å². The van der Waals surface area contributed by atoms with Gasteiger partial charge in [-0.15, -0.1) is 0 Å². The Kier molecular flexibility index (Phi) is 10.4. The van der Waals surface area contributed by atoms with Gasteiger partial charge in [0.2, 0.25) is 0 Å². The molecular weight excluding hydrogens is 735 g/mol. The fraction of sp³-hybridized carbons (Fsp3) is 0. The van der Waals surface area contributed by atoms with Gasteiger partial charge >= 0.3 is 0 Å². The molecule has 0 amide bonds.